The Kier molecular flexibility index (Phi) is 4.83. The van der Waals surface area contributed by atoms with E-state index in [-0.39, 0.29) is 12.1 Å². The van der Waals surface area contributed by atoms with E-state index in [2.05, 4.69) is 84.9 Å². The predicted molar refractivity (Wildman–Crippen MR) is 130 cm³/mol. The monoisotopic (exact) mass is 420 g/mol. The van der Waals surface area contributed by atoms with Crippen molar-refractivity contribution in [1.29, 1.82) is 0 Å². The van der Waals surface area contributed by atoms with Crippen LogP contribution in [0.1, 0.15) is 11.1 Å². The van der Waals surface area contributed by atoms with Gasteiger partial charge < -0.3 is 9.47 Å². The predicted octanol–water partition coefficient (Wildman–Crippen LogP) is 5.37. The van der Waals surface area contributed by atoms with Crippen molar-refractivity contribution < 1.29 is 9.47 Å². The summed E-state index contributed by atoms with van der Waals surface area (Å²) in [6.45, 7) is 1.13. The number of rotatable bonds is 5. The highest BCUT2D eigenvalue weighted by Crippen LogP contribution is 2.24. The van der Waals surface area contributed by atoms with Gasteiger partial charge in [0.25, 0.3) is 11.8 Å². The zero-order chi connectivity index (χ0) is 21.3. The van der Waals surface area contributed by atoms with Crippen LogP contribution in [-0.4, -0.2) is 37.1 Å². The highest BCUT2D eigenvalue weighted by Gasteiger charge is 2.29. The summed E-state index contributed by atoms with van der Waals surface area (Å²) >= 11 is 0. The Morgan fingerprint density at radius 3 is 1.50 bits per heavy atom. The first-order chi connectivity index (χ1) is 15.8. The maximum Gasteiger partial charge on any atom is 0.273 e. The maximum atomic E-state index is 5.90. The largest absolute Gasteiger partial charge is 0.472 e. The molecule has 0 saturated carbocycles. The molecule has 0 aromatic heterocycles. The zero-order valence-electron chi connectivity index (χ0n) is 17.8. The Labute approximate surface area is 187 Å². The van der Waals surface area contributed by atoms with Crippen molar-refractivity contribution in [1.82, 2.24) is 0 Å². The minimum Gasteiger partial charge on any atom is -0.472 e. The molecule has 2 atom stereocenters. The van der Waals surface area contributed by atoms with Gasteiger partial charge in [-0.05, 0) is 45.5 Å². The molecule has 0 fully saturated rings. The molecule has 32 heavy (non-hydrogen) atoms. The van der Waals surface area contributed by atoms with Crippen LogP contribution in [0.2, 0.25) is 0 Å². The lowest BCUT2D eigenvalue weighted by Gasteiger charge is -2.08. The average Bonchev–Trinajstić information content (AvgIpc) is 3.49. The van der Waals surface area contributed by atoms with Gasteiger partial charge in [0.1, 0.15) is 13.2 Å². The Bertz CT molecular complexity index is 1240. The first-order valence-electron chi connectivity index (χ1n) is 11.2. The fraction of sp³-hybridized carbons (Fsp3) is 0.214. The molecule has 6 rings (SSSR count). The molecule has 158 valence electrons. The number of benzene rings is 4. The second-order valence-electron chi connectivity index (χ2n) is 8.48. The molecule has 4 nitrogen and oxygen atoms in total. The van der Waals surface area contributed by atoms with E-state index in [1.807, 2.05) is 0 Å². The Hall–Kier alpha value is -3.66. The zero-order valence-corrected chi connectivity index (χ0v) is 17.8. The Balaban J connectivity index is 1.18. The first-order valence-corrected chi connectivity index (χ1v) is 11.2. The number of hydrogen-bond acceptors (Lipinski definition) is 4. The quantitative estimate of drug-likeness (QED) is 0.435. The molecule has 2 heterocycles. The fourth-order valence-corrected chi connectivity index (χ4v) is 4.72. The molecule has 0 spiro atoms. The third kappa shape index (κ3) is 3.62. The molecule has 0 bridgehead atoms. The molecule has 2 aliphatic rings. The van der Waals surface area contributed by atoms with Crippen LogP contribution in [0, 0.1) is 0 Å². The molecule has 0 radical (unpaired) electrons. The number of fused-ring (bicyclic) bond motifs is 2. The van der Waals surface area contributed by atoms with Gasteiger partial charge in [-0.2, -0.15) is 0 Å². The van der Waals surface area contributed by atoms with E-state index in [4.69, 9.17) is 19.5 Å². The van der Waals surface area contributed by atoms with Crippen LogP contribution in [0.3, 0.4) is 0 Å². The minimum absolute atomic E-state index is 0.0826. The highest BCUT2D eigenvalue weighted by molar-refractivity contribution is 6.36. The fourth-order valence-electron chi connectivity index (χ4n) is 4.72. The van der Waals surface area contributed by atoms with Crippen molar-refractivity contribution in [3.8, 4) is 0 Å². The summed E-state index contributed by atoms with van der Waals surface area (Å²) in [7, 11) is 0. The first kappa shape index (κ1) is 19.1. The molecule has 0 amide bonds. The van der Waals surface area contributed by atoms with E-state index in [1.54, 1.807) is 0 Å². The SMILES string of the molecule is c1ccc2c(C[C@H]3COC(C4=N[C@@H](Cc5cccc6ccccc56)CO4)=N3)cccc2c1. The van der Waals surface area contributed by atoms with Gasteiger partial charge in [-0.15, -0.1) is 0 Å². The van der Waals surface area contributed by atoms with Gasteiger partial charge in [0, 0.05) is 0 Å². The Morgan fingerprint density at radius 1 is 0.562 bits per heavy atom. The summed E-state index contributed by atoms with van der Waals surface area (Å²) in [5, 5.41) is 5.08. The van der Waals surface area contributed by atoms with Gasteiger partial charge >= 0.3 is 0 Å². The lowest BCUT2D eigenvalue weighted by atomic mass is 9.99. The van der Waals surface area contributed by atoms with Crippen molar-refractivity contribution in [2.24, 2.45) is 9.98 Å². The van der Waals surface area contributed by atoms with Gasteiger partial charge in [0.05, 0.1) is 12.1 Å². The molecular formula is C28H24N2O2. The third-order valence-electron chi connectivity index (χ3n) is 6.28. The average molecular weight is 421 g/mol. The van der Waals surface area contributed by atoms with Gasteiger partial charge in [0.2, 0.25) is 0 Å². The van der Waals surface area contributed by atoms with Crippen LogP contribution in [0.25, 0.3) is 21.5 Å². The van der Waals surface area contributed by atoms with Crippen LogP contribution in [0.5, 0.6) is 0 Å². The number of hydrogen-bond donors (Lipinski definition) is 0. The lowest BCUT2D eigenvalue weighted by molar-refractivity contribution is 0.293. The van der Waals surface area contributed by atoms with Gasteiger partial charge in [0.15, 0.2) is 0 Å². The van der Waals surface area contributed by atoms with Crippen molar-refractivity contribution in [3.63, 3.8) is 0 Å². The minimum atomic E-state index is 0.0826. The van der Waals surface area contributed by atoms with Gasteiger partial charge in [-0.3, -0.25) is 0 Å². The van der Waals surface area contributed by atoms with Crippen molar-refractivity contribution in [3.05, 3.63) is 96.1 Å². The van der Waals surface area contributed by atoms with Gasteiger partial charge in [-0.1, -0.05) is 84.9 Å². The van der Waals surface area contributed by atoms with Crippen molar-refractivity contribution in [2.75, 3.05) is 13.2 Å². The normalized spacial score (nSPS) is 20.1. The summed E-state index contributed by atoms with van der Waals surface area (Å²) in [6.07, 6.45) is 1.69. The summed E-state index contributed by atoms with van der Waals surface area (Å²) in [6, 6.07) is 30.0. The van der Waals surface area contributed by atoms with E-state index >= 15 is 0 Å². The van der Waals surface area contributed by atoms with Crippen LogP contribution in [-0.2, 0) is 22.3 Å². The molecule has 0 aliphatic carbocycles. The second-order valence-corrected chi connectivity index (χ2v) is 8.48. The van der Waals surface area contributed by atoms with E-state index < -0.39 is 0 Å². The maximum absolute atomic E-state index is 5.90. The Morgan fingerprint density at radius 2 is 1.00 bits per heavy atom. The molecule has 4 aromatic carbocycles. The van der Waals surface area contributed by atoms with Crippen LogP contribution in [0.4, 0.5) is 0 Å². The molecule has 2 aliphatic heterocycles. The van der Waals surface area contributed by atoms with E-state index in [0.29, 0.717) is 25.0 Å². The van der Waals surface area contributed by atoms with E-state index in [1.165, 1.54) is 32.7 Å². The van der Waals surface area contributed by atoms with Crippen LogP contribution in [0.15, 0.2) is 94.9 Å². The molecule has 4 heteroatoms. The summed E-state index contributed by atoms with van der Waals surface area (Å²) < 4.78 is 11.8. The third-order valence-corrected chi connectivity index (χ3v) is 6.28. The molecule has 4 aromatic rings. The molecule has 0 saturated heterocycles. The summed E-state index contributed by atoms with van der Waals surface area (Å²) in [4.78, 5) is 9.60. The van der Waals surface area contributed by atoms with E-state index in [9.17, 15) is 0 Å². The standard InChI is InChI=1S/C28H24N2O2/c1-3-13-25-19(7-1)9-5-11-21(25)15-23-17-31-27(29-23)28-30-24(18-32-28)16-22-12-6-10-20-8-2-4-14-26(20)22/h1-14,23-24H,15-18H2/t23-,24-/m0/s1. The lowest BCUT2D eigenvalue weighted by Crippen LogP contribution is -2.14. The van der Waals surface area contributed by atoms with Gasteiger partial charge in [-0.25, -0.2) is 9.98 Å². The van der Waals surface area contributed by atoms with Crippen LogP contribution < -0.4 is 0 Å². The second kappa shape index (κ2) is 8.12. The summed E-state index contributed by atoms with van der Waals surface area (Å²) in [5.74, 6) is 1.10. The van der Waals surface area contributed by atoms with Crippen molar-refractivity contribution in [2.45, 2.75) is 24.9 Å². The number of nitrogens with zero attached hydrogens (tertiary/aromatic N) is 2. The molecule has 0 unspecified atom stereocenters. The smallest absolute Gasteiger partial charge is 0.273 e. The molecule has 0 N–H and O–H groups in total. The highest BCUT2D eigenvalue weighted by atomic mass is 16.5. The van der Waals surface area contributed by atoms with Crippen molar-refractivity contribution >= 4 is 33.3 Å². The van der Waals surface area contributed by atoms with E-state index in [0.717, 1.165) is 12.8 Å². The number of ether oxygens (including phenoxy) is 2. The number of aliphatic imine (C=N–C) groups is 2. The summed E-state index contributed by atoms with van der Waals surface area (Å²) in [5.41, 5.74) is 2.59. The topological polar surface area (TPSA) is 43.2 Å². The molecular weight excluding hydrogens is 396 g/mol. The van der Waals surface area contributed by atoms with Crippen LogP contribution >= 0.6 is 0 Å².